The Bertz CT molecular complexity index is 845. The van der Waals surface area contributed by atoms with Gasteiger partial charge in [0.1, 0.15) is 11.9 Å². The number of sulfonamides is 1. The Balaban J connectivity index is 1.67. The molecule has 1 aliphatic rings. The summed E-state index contributed by atoms with van der Waals surface area (Å²) in [6.07, 6.45) is 2.99. The van der Waals surface area contributed by atoms with Gasteiger partial charge >= 0.3 is 0 Å². The molecule has 1 fully saturated rings. The van der Waals surface area contributed by atoms with Crippen LogP contribution in [0.25, 0.3) is 0 Å². The quantitative estimate of drug-likeness (QED) is 0.813. The number of ether oxygens (including phenoxy) is 1. The monoisotopic (exact) mass is 380 g/mol. The molecule has 2 aromatic rings. The maximum atomic E-state index is 12.9. The van der Waals surface area contributed by atoms with E-state index in [1.54, 1.807) is 31.3 Å². The molecule has 1 aromatic carbocycles. The first kappa shape index (κ1) is 18.2. The van der Waals surface area contributed by atoms with Crippen LogP contribution in [0.4, 0.5) is 0 Å². The van der Waals surface area contributed by atoms with Crippen LogP contribution in [0.1, 0.15) is 24.1 Å². The van der Waals surface area contributed by atoms with Crippen LogP contribution >= 0.6 is 11.6 Å². The number of benzene rings is 1. The van der Waals surface area contributed by atoms with Crippen LogP contribution in [-0.2, 0) is 10.0 Å². The van der Waals surface area contributed by atoms with Gasteiger partial charge in [0.15, 0.2) is 0 Å². The second-order valence-corrected chi connectivity index (χ2v) is 8.53. The molecule has 0 radical (unpaired) electrons. The van der Waals surface area contributed by atoms with Crippen molar-refractivity contribution in [3.05, 3.63) is 52.8 Å². The fourth-order valence-corrected chi connectivity index (χ4v) is 4.86. The van der Waals surface area contributed by atoms with Gasteiger partial charge in [-0.25, -0.2) is 8.42 Å². The molecule has 0 amide bonds. The molecule has 0 spiro atoms. The molecule has 25 heavy (non-hydrogen) atoms. The van der Waals surface area contributed by atoms with Gasteiger partial charge in [0.2, 0.25) is 10.0 Å². The number of hydrogen-bond acceptors (Lipinski definition) is 4. The van der Waals surface area contributed by atoms with Gasteiger partial charge < -0.3 is 4.74 Å². The Hall–Kier alpha value is -1.63. The standard InChI is InChI=1S/C18H21ClN2O3S/c1-13-6-7-16(12-20-13)24-15-8-10-21(11-9-15)25(22,23)18-5-3-4-17(19)14(18)2/h3-7,12,15H,8-11H2,1-2H3. The molecular formula is C18H21ClN2O3S. The van der Waals surface area contributed by atoms with Crippen LogP contribution in [-0.4, -0.2) is 36.9 Å². The molecule has 1 aliphatic heterocycles. The van der Waals surface area contributed by atoms with E-state index in [2.05, 4.69) is 4.98 Å². The first-order valence-electron chi connectivity index (χ1n) is 8.22. The Labute approximate surface area is 153 Å². The fraction of sp³-hybridized carbons (Fsp3) is 0.389. The van der Waals surface area contributed by atoms with Crippen LogP contribution in [0, 0.1) is 13.8 Å². The van der Waals surface area contributed by atoms with Gasteiger partial charge in [-0.3, -0.25) is 4.98 Å². The van der Waals surface area contributed by atoms with Gasteiger partial charge in [0.25, 0.3) is 0 Å². The third kappa shape index (κ3) is 3.97. The van der Waals surface area contributed by atoms with E-state index in [1.165, 1.54) is 4.31 Å². The Morgan fingerprint density at radius 1 is 1.16 bits per heavy atom. The molecule has 3 rings (SSSR count). The minimum absolute atomic E-state index is 0.00332. The summed E-state index contributed by atoms with van der Waals surface area (Å²) in [5.74, 6) is 0.720. The van der Waals surface area contributed by atoms with Crippen molar-refractivity contribution in [1.82, 2.24) is 9.29 Å². The highest BCUT2D eigenvalue weighted by Crippen LogP contribution is 2.28. The van der Waals surface area contributed by atoms with Crippen LogP contribution < -0.4 is 4.74 Å². The van der Waals surface area contributed by atoms with E-state index in [0.29, 0.717) is 36.5 Å². The number of aryl methyl sites for hydroxylation is 1. The van der Waals surface area contributed by atoms with E-state index in [1.807, 2.05) is 19.1 Å². The topological polar surface area (TPSA) is 59.5 Å². The summed E-state index contributed by atoms with van der Waals surface area (Å²) in [5.41, 5.74) is 1.53. The Kier molecular flexibility index (Phi) is 5.32. The lowest BCUT2D eigenvalue weighted by atomic mass is 10.1. The van der Waals surface area contributed by atoms with E-state index in [9.17, 15) is 8.42 Å². The Morgan fingerprint density at radius 2 is 1.88 bits per heavy atom. The number of halogens is 1. The third-order valence-electron chi connectivity index (χ3n) is 4.42. The van der Waals surface area contributed by atoms with Crippen molar-refractivity contribution >= 4 is 21.6 Å². The fourth-order valence-electron chi connectivity index (χ4n) is 2.91. The Morgan fingerprint density at radius 3 is 2.52 bits per heavy atom. The lowest BCUT2D eigenvalue weighted by Gasteiger charge is -2.31. The number of rotatable bonds is 4. The van der Waals surface area contributed by atoms with Gasteiger partial charge in [-0.1, -0.05) is 17.7 Å². The highest BCUT2D eigenvalue weighted by atomic mass is 35.5. The van der Waals surface area contributed by atoms with Crippen LogP contribution in [0.3, 0.4) is 0 Å². The molecule has 0 atom stereocenters. The van der Waals surface area contributed by atoms with Crippen molar-refractivity contribution in [2.45, 2.75) is 37.7 Å². The molecule has 1 saturated heterocycles. The van der Waals surface area contributed by atoms with Crippen LogP contribution in [0.15, 0.2) is 41.4 Å². The zero-order valence-electron chi connectivity index (χ0n) is 14.3. The maximum absolute atomic E-state index is 12.9. The van der Waals surface area contributed by atoms with Gasteiger partial charge in [0.05, 0.1) is 11.1 Å². The molecule has 0 bridgehead atoms. The molecule has 134 valence electrons. The molecular weight excluding hydrogens is 360 g/mol. The first-order valence-corrected chi connectivity index (χ1v) is 10.0. The van der Waals surface area contributed by atoms with Crippen molar-refractivity contribution in [2.24, 2.45) is 0 Å². The minimum atomic E-state index is -3.54. The summed E-state index contributed by atoms with van der Waals surface area (Å²) in [6, 6.07) is 8.77. The molecule has 2 heterocycles. The van der Waals surface area contributed by atoms with Crippen molar-refractivity contribution < 1.29 is 13.2 Å². The van der Waals surface area contributed by atoms with Gasteiger partial charge in [-0.2, -0.15) is 4.31 Å². The maximum Gasteiger partial charge on any atom is 0.243 e. The van der Waals surface area contributed by atoms with Crippen molar-refractivity contribution in [2.75, 3.05) is 13.1 Å². The lowest BCUT2D eigenvalue weighted by Crippen LogP contribution is -2.41. The van der Waals surface area contributed by atoms with Crippen LogP contribution in [0.2, 0.25) is 5.02 Å². The molecule has 7 heteroatoms. The zero-order valence-corrected chi connectivity index (χ0v) is 15.8. The van der Waals surface area contributed by atoms with E-state index in [-0.39, 0.29) is 11.0 Å². The van der Waals surface area contributed by atoms with Gasteiger partial charge in [0, 0.05) is 23.8 Å². The molecule has 0 aliphatic carbocycles. The smallest absolute Gasteiger partial charge is 0.243 e. The molecule has 1 aromatic heterocycles. The number of pyridine rings is 1. The average molecular weight is 381 g/mol. The first-order chi connectivity index (χ1) is 11.9. The second kappa shape index (κ2) is 7.32. The lowest BCUT2D eigenvalue weighted by molar-refractivity contribution is 0.134. The van der Waals surface area contributed by atoms with E-state index in [4.69, 9.17) is 16.3 Å². The number of nitrogens with zero attached hydrogens (tertiary/aromatic N) is 2. The highest BCUT2D eigenvalue weighted by Gasteiger charge is 2.31. The SMILES string of the molecule is Cc1ccc(OC2CCN(S(=O)(=O)c3cccc(Cl)c3C)CC2)cn1. The zero-order chi connectivity index (χ0) is 18.0. The van der Waals surface area contributed by atoms with Crippen molar-refractivity contribution in [1.29, 1.82) is 0 Å². The molecule has 0 saturated carbocycles. The van der Waals surface area contributed by atoms with E-state index in [0.717, 1.165) is 11.4 Å². The molecule has 5 nitrogen and oxygen atoms in total. The van der Waals surface area contributed by atoms with E-state index < -0.39 is 10.0 Å². The second-order valence-electron chi connectivity index (χ2n) is 6.22. The van der Waals surface area contributed by atoms with Gasteiger partial charge in [-0.15, -0.1) is 0 Å². The van der Waals surface area contributed by atoms with Gasteiger partial charge in [-0.05, 0) is 56.5 Å². The highest BCUT2D eigenvalue weighted by molar-refractivity contribution is 7.89. The largest absolute Gasteiger partial charge is 0.489 e. The normalized spacial score (nSPS) is 16.8. The summed E-state index contributed by atoms with van der Waals surface area (Å²) in [7, 11) is -3.54. The van der Waals surface area contributed by atoms with E-state index >= 15 is 0 Å². The van der Waals surface area contributed by atoms with Crippen molar-refractivity contribution in [3.63, 3.8) is 0 Å². The summed E-state index contributed by atoms with van der Waals surface area (Å²) in [6.45, 7) is 4.51. The summed E-state index contributed by atoms with van der Waals surface area (Å²) < 4.78 is 33.2. The number of aromatic nitrogens is 1. The predicted octanol–water partition coefficient (Wildman–Crippen LogP) is 3.58. The van der Waals surface area contributed by atoms with Crippen LogP contribution in [0.5, 0.6) is 5.75 Å². The predicted molar refractivity (Wildman–Crippen MR) is 97.6 cm³/mol. The molecule has 0 N–H and O–H groups in total. The minimum Gasteiger partial charge on any atom is -0.489 e. The average Bonchev–Trinajstić information content (AvgIpc) is 2.60. The number of hydrogen-bond donors (Lipinski definition) is 0. The van der Waals surface area contributed by atoms with Crippen molar-refractivity contribution in [3.8, 4) is 5.75 Å². The summed E-state index contributed by atoms with van der Waals surface area (Å²) in [4.78, 5) is 4.49. The number of piperidine rings is 1. The third-order valence-corrected chi connectivity index (χ3v) is 6.88. The summed E-state index contributed by atoms with van der Waals surface area (Å²) >= 11 is 6.07. The summed E-state index contributed by atoms with van der Waals surface area (Å²) in [5, 5.41) is 0.464. The molecule has 0 unspecified atom stereocenters.